The zero-order valence-electron chi connectivity index (χ0n) is 11.0. The molecule has 1 rings (SSSR count). The first kappa shape index (κ1) is 15.7. The smallest absolute Gasteiger partial charge is 0.241 e. The third-order valence-electron chi connectivity index (χ3n) is 3.32. The van der Waals surface area contributed by atoms with E-state index in [2.05, 4.69) is 4.72 Å². The van der Waals surface area contributed by atoms with Gasteiger partial charge in [-0.1, -0.05) is 13.8 Å². The molecule has 7 heteroatoms. The van der Waals surface area contributed by atoms with Crippen LogP contribution < -0.4 is 10.5 Å². The molecule has 0 aliphatic heterocycles. The predicted molar refractivity (Wildman–Crippen MR) is 73.2 cm³/mol. The van der Waals surface area contributed by atoms with Gasteiger partial charge in [-0.3, -0.25) is 0 Å². The number of aromatic hydroxyl groups is 1. The fourth-order valence-corrected chi connectivity index (χ4v) is 3.26. The molecule has 0 heterocycles. The van der Waals surface area contributed by atoms with Crippen molar-refractivity contribution in [2.45, 2.75) is 37.1 Å². The number of nitrogens with one attached hydrogen (secondary N) is 1. The summed E-state index contributed by atoms with van der Waals surface area (Å²) in [4.78, 5) is -0.0393. The predicted octanol–water partition coefficient (Wildman–Crippen LogP) is 0.804. The second-order valence-corrected chi connectivity index (χ2v) is 6.15. The van der Waals surface area contributed by atoms with Crippen molar-refractivity contribution in [3.63, 3.8) is 0 Å². The lowest BCUT2D eigenvalue weighted by atomic mass is 9.96. The van der Waals surface area contributed by atoms with Crippen LogP contribution in [0.15, 0.2) is 23.1 Å². The number of aliphatic hydroxyl groups is 1. The van der Waals surface area contributed by atoms with E-state index in [9.17, 15) is 18.6 Å². The van der Waals surface area contributed by atoms with Crippen molar-refractivity contribution in [3.05, 3.63) is 18.2 Å². The summed E-state index contributed by atoms with van der Waals surface area (Å²) in [5.41, 5.74) is 4.59. The highest BCUT2D eigenvalue weighted by atomic mass is 32.2. The molecule has 0 amide bonds. The van der Waals surface area contributed by atoms with E-state index in [0.29, 0.717) is 12.8 Å². The van der Waals surface area contributed by atoms with Gasteiger partial charge in [-0.25, -0.2) is 13.1 Å². The summed E-state index contributed by atoms with van der Waals surface area (Å²) in [6.45, 7) is 3.31. The second kappa shape index (κ2) is 5.77. The molecular weight excluding hydrogens is 268 g/mol. The average Bonchev–Trinajstić information content (AvgIpc) is 2.39. The number of phenolic OH excluding ortho intramolecular Hbond substituents is 1. The third kappa shape index (κ3) is 3.37. The molecule has 0 saturated carbocycles. The Morgan fingerprint density at radius 3 is 2.32 bits per heavy atom. The van der Waals surface area contributed by atoms with Crippen molar-refractivity contribution in [3.8, 4) is 5.75 Å². The van der Waals surface area contributed by atoms with Crippen LogP contribution >= 0.6 is 0 Å². The van der Waals surface area contributed by atoms with E-state index in [0.717, 1.165) is 0 Å². The summed E-state index contributed by atoms with van der Waals surface area (Å²) in [5.74, 6) is -0.168. The van der Waals surface area contributed by atoms with E-state index in [-0.39, 0.29) is 22.9 Å². The summed E-state index contributed by atoms with van der Waals surface area (Å²) >= 11 is 0. The minimum atomic E-state index is -3.79. The van der Waals surface area contributed by atoms with Crippen LogP contribution in [0.3, 0.4) is 0 Å². The molecule has 0 aromatic heterocycles. The Labute approximate surface area is 113 Å². The van der Waals surface area contributed by atoms with Crippen LogP contribution in [0.4, 0.5) is 5.69 Å². The van der Waals surface area contributed by atoms with Gasteiger partial charge in [0.25, 0.3) is 0 Å². The van der Waals surface area contributed by atoms with Gasteiger partial charge in [0.15, 0.2) is 0 Å². The monoisotopic (exact) mass is 288 g/mol. The maximum absolute atomic E-state index is 12.2. The molecule has 19 heavy (non-hydrogen) atoms. The van der Waals surface area contributed by atoms with E-state index >= 15 is 0 Å². The molecular formula is C12H20N2O4S. The molecule has 0 radical (unpaired) electrons. The Morgan fingerprint density at radius 1 is 1.32 bits per heavy atom. The van der Waals surface area contributed by atoms with Gasteiger partial charge in [-0.2, -0.15) is 0 Å². The third-order valence-corrected chi connectivity index (χ3v) is 4.89. The van der Waals surface area contributed by atoms with Crippen molar-refractivity contribution >= 4 is 15.7 Å². The highest BCUT2D eigenvalue weighted by Crippen LogP contribution is 2.25. The number of benzene rings is 1. The SMILES string of the molecule is CCC(CC)(CO)NS(=O)(=O)c1ccc(O)c(N)c1. The first-order chi connectivity index (χ1) is 8.80. The Bertz CT molecular complexity index is 530. The van der Waals surface area contributed by atoms with Crippen LogP contribution in [0.1, 0.15) is 26.7 Å². The standard InChI is InChI=1S/C12H20N2O4S/c1-3-12(4-2,8-15)14-19(17,18)9-5-6-11(16)10(13)7-9/h5-7,14-16H,3-4,8,13H2,1-2H3. The number of nitrogens with two attached hydrogens (primary N) is 1. The van der Waals surface area contributed by atoms with Gasteiger partial charge in [0, 0.05) is 0 Å². The first-order valence-corrected chi connectivity index (χ1v) is 7.52. The van der Waals surface area contributed by atoms with Crippen LogP contribution in [0.5, 0.6) is 5.75 Å². The summed E-state index contributed by atoms with van der Waals surface area (Å²) in [6.07, 6.45) is 0.930. The number of hydrogen-bond donors (Lipinski definition) is 4. The molecule has 108 valence electrons. The fourth-order valence-electron chi connectivity index (χ4n) is 1.69. The van der Waals surface area contributed by atoms with E-state index < -0.39 is 15.6 Å². The molecule has 0 spiro atoms. The maximum Gasteiger partial charge on any atom is 0.241 e. The Morgan fingerprint density at radius 2 is 1.89 bits per heavy atom. The fraction of sp³-hybridized carbons (Fsp3) is 0.500. The van der Waals surface area contributed by atoms with Crippen LogP contribution in [-0.2, 0) is 10.0 Å². The molecule has 0 aliphatic carbocycles. The van der Waals surface area contributed by atoms with Gasteiger partial charge in [0.1, 0.15) is 5.75 Å². The van der Waals surface area contributed by atoms with Crippen molar-refractivity contribution in [1.29, 1.82) is 0 Å². The number of nitrogen functional groups attached to an aromatic ring is 1. The number of hydrogen-bond acceptors (Lipinski definition) is 5. The molecule has 0 fully saturated rings. The van der Waals surface area contributed by atoms with Crippen LogP contribution in [0, 0.1) is 0 Å². The minimum absolute atomic E-state index is 0.00882. The lowest BCUT2D eigenvalue weighted by Crippen LogP contribution is -2.50. The number of phenols is 1. The molecule has 0 bridgehead atoms. The highest BCUT2D eigenvalue weighted by Gasteiger charge is 2.31. The average molecular weight is 288 g/mol. The number of anilines is 1. The van der Waals surface area contributed by atoms with Crippen LogP contribution in [0.25, 0.3) is 0 Å². The van der Waals surface area contributed by atoms with Gasteiger partial charge >= 0.3 is 0 Å². The summed E-state index contributed by atoms with van der Waals surface area (Å²) in [6, 6.07) is 3.68. The topological polar surface area (TPSA) is 113 Å². The van der Waals surface area contributed by atoms with Crippen molar-refractivity contribution in [1.82, 2.24) is 4.72 Å². The van der Waals surface area contributed by atoms with Crippen molar-refractivity contribution in [2.24, 2.45) is 0 Å². The number of aliphatic hydroxyl groups excluding tert-OH is 1. The van der Waals surface area contributed by atoms with Crippen LogP contribution in [0.2, 0.25) is 0 Å². The zero-order valence-corrected chi connectivity index (χ0v) is 11.9. The molecule has 1 aromatic rings. The highest BCUT2D eigenvalue weighted by molar-refractivity contribution is 7.89. The number of rotatable bonds is 6. The lowest BCUT2D eigenvalue weighted by molar-refractivity contribution is 0.172. The number of sulfonamides is 1. The molecule has 0 atom stereocenters. The summed E-state index contributed by atoms with van der Waals surface area (Å²) in [5, 5.41) is 18.7. The van der Waals surface area contributed by atoms with Gasteiger partial charge in [0.2, 0.25) is 10.0 Å². The zero-order chi connectivity index (χ0) is 14.7. The van der Waals surface area contributed by atoms with E-state index in [4.69, 9.17) is 5.73 Å². The molecule has 0 saturated heterocycles. The second-order valence-electron chi connectivity index (χ2n) is 4.47. The van der Waals surface area contributed by atoms with Gasteiger partial charge in [0.05, 0.1) is 22.7 Å². The van der Waals surface area contributed by atoms with Gasteiger partial charge < -0.3 is 15.9 Å². The first-order valence-electron chi connectivity index (χ1n) is 6.03. The van der Waals surface area contributed by atoms with E-state index in [1.54, 1.807) is 13.8 Å². The molecule has 5 N–H and O–H groups in total. The molecule has 6 nitrogen and oxygen atoms in total. The van der Waals surface area contributed by atoms with Gasteiger partial charge in [-0.05, 0) is 31.0 Å². The van der Waals surface area contributed by atoms with E-state index in [1.165, 1.54) is 18.2 Å². The molecule has 0 unspecified atom stereocenters. The van der Waals surface area contributed by atoms with Crippen molar-refractivity contribution < 1.29 is 18.6 Å². The Hall–Kier alpha value is -1.31. The summed E-state index contributed by atoms with van der Waals surface area (Å²) in [7, 11) is -3.79. The molecule has 1 aromatic carbocycles. The maximum atomic E-state index is 12.2. The molecule has 0 aliphatic rings. The minimum Gasteiger partial charge on any atom is -0.506 e. The van der Waals surface area contributed by atoms with Gasteiger partial charge in [-0.15, -0.1) is 0 Å². The van der Waals surface area contributed by atoms with E-state index in [1.807, 2.05) is 0 Å². The Kier molecular flexibility index (Phi) is 4.78. The lowest BCUT2D eigenvalue weighted by Gasteiger charge is -2.30. The van der Waals surface area contributed by atoms with Crippen molar-refractivity contribution in [2.75, 3.05) is 12.3 Å². The largest absolute Gasteiger partial charge is 0.506 e. The Balaban J connectivity index is 3.14. The quantitative estimate of drug-likeness (QED) is 0.457. The van der Waals surface area contributed by atoms with Crippen LogP contribution in [-0.4, -0.2) is 30.8 Å². The normalized spacial score (nSPS) is 12.6. The summed E-state index contributed by atoms with van der Waals surface area (Å²) < 4.78 is 27.0.